The fraction of sp³-hybridized carbons (Fsp3) is 1.00. The molecule has 0 spiro atoms. The van der Waals surface area contributed by atoms with E-state index in [2.05, 4.69) is 51.8 Å². The Morgan fingerprint density at radius 2 is 1.94 bits per heavy atom. The van der Waals surface area contributed by atoms with Crippen molar-refractivity contribution in [2.75, 3.05) is 19.6 Å². The highest BCUT2D eigenvalue weighted by Gasteiger charge is 2.34. The van der Waals surface area contributed by atoms with Gasteiger partial charge in [-0.1, -0.05) is 34.6 Å². The van der Waals surface area contributed by atoms with E-state index in [4.69, 9.17) is 0 Å². The Morgan fingerprint density at radius 3 is 2.47 bits per heavy atom. The Balaban J connectivity index is 2.57. The minimum absolute atomic E-state index is 0.355. The first-order valence-corrected chi connectivity index (χ1v) is 7.36. The van der Waals surface area contributed by atoms with E-state index in [0.29, 0.717) is 11.5 Å². The van der Waals surface area contributed by atoms with Crippen molar-refractivity contribution in [3.8, 4) is 0 Å². The SMILES string of the molecule is CCNC(C)C(C)(C)CN1CCCC1C(C)C. The topological polar surface area (TPSA) is 15.3 Å². The largest absolute Gasteiger partial charge is 0.314 e. The fourth-order valence-electron chi connectivity index (χ4n) is 3.05. The second kappa shape index (κ2) is 6.19. The van der Waals surface area contributed by atoms with Crippen LogP contribution in [0.1, 0.15) is 54.4 Å². The van der Waals surface area contributed by atoms with Crippen molar-refractivity contribution in [1.82, 2.24) is 10.2 Å². The van der Waals surface area contributed by atoms with Crippen molar-refractivity contribution >= 4 is 0 Å². The fourth-order valence-corrected chi connectivity index (χ4v) is 3.05. The molecule has 0 aromatic rings. The maximum absolute atomic E-state index is 3.58. The van der Waals surface area contributed by atoms with Gasteiger partial charge in [0.25, 0.3) is 0 Å². The summed E-state index contributed by atoms with van der Waals surface area (Å²) in [6.07, 6.45) is 2.78. The Hall–Kier alpha value is -0.0800. The maximum atomic E-state index is 3.58. The highest BCUT2D eigenvalue weighted by Crippen LogP contribution is 2.29. The van der Waals surface area contributed by atoms with Crippen LogP contribution in [0.2, 0.25) is 0 Å². The van der Waals surface area contributed by atoms with Crippen molar-refractivity contribution in [1.29, 1.82) is 0 Å². The number of hydrogen-bond donors (Lipinski definition) is 1. The minimum Gasteiger partial charge on any atom is -0.314 e. The molecule has 1 saturated heterocycles. The zero-order valence-electron chi connectivity index (χ0n) is 12.7. The average molecular weight is 240 g/mol. The summed E-state index contributed by atoms with van der Waals surface area (Å²) >= 11 is 0. The van der Waals surface area contributed by atoms with Crippen LogP contribution in [0, 0.1) is 11.3 Å². The molecular weight excluding hydrogens is 208 g/mol. The second-order valence-electron chi connectivity index (χ2n) is 6.69. The third-order valence-corrected chi connectivity index (χ3v) is 4.48. The monoisotopic (exact) mass is 240 g/mol. The molecule has 2 unspecified atom stereocenters. The molecule has 17 heavy (non-hydrogen) atoms. The summed E-state index contributed by atoms with van der Waals surface area (Å²) in [5, 5.41) is 3.58. The van der Waals surface area contributed by atoms with Crippen LogP contribution in [0.4, 0.5) is 0 Å². The van der Waals surface area contributed by atoms with Gasteiger partial charge in [-0.3, -0.25) is 4.90 Å². The molecular formula is C15H32N2. The molecule has 0 bridgehead atoms. The van der Waals surface area contributed by atoms with E-state index in [-0.39, 0.29) is 0 Å². The smallest absolute Gasteiger partial charge is 0.0119 e. The number of nitrogens with one attached hydrogen (secondary N) is 1. The van der Waals surface area contributed by atoms with Gasteiger partial charge < -0.3 is 5.32 Å². The van der Waals surface area contributed by atoms with Crippen LogP contribution >= 0.6 is 0 Å². The molecule has 1 aliphatic heterocycles. The van der Waals surface area contributed by atoms with Gasteiger partial charge in [-0.2, -0.15) is 0 Å². The van der Waals surface area contributed by atoms with Crippen molar-refractivity contribution in [2.24, 2.45) is 11.3 Å². The molecule has 2 heteroatoms. The first-order valence-electron chi connectivity index (χ1n) is 7.36. The third kappa shape index (κ3) is 3.96. The van der Waals surface area contributed by atoms with E-state index < -0.39 is 0 Å². The van der Waals surface area contributed by atoms with Gasteiger partial charge in [-0.15, -0.1) is 0 Å². The molecule has 1 heterocycles. The summed E-state index contributed by atoms with van der Waals surface area (Å²) in [5.41, 5.74) is 0.355. The normalized spacial score (nSPS) is 24.5. The molecule has 1 aliphatic rings. The molecule has 0 aromatic heterocycles. The van der Waals surface area contributed by atoms with Gasteiger partial charge in [0.2, 0.25) is 0 Å². The summed E-state index contributed by atoms with van der Waals surface area (Å²) in [6.45, 7) is 17.6. The highest BCUT2D eigenvalue weighted by molar-refractivity contribution is 4.89. The van der Waals surface area contributed by atoms with Crippen LogP contribution in [-0.4, -0.2) is 36.6 Å². The predicted molar refractivity (Wildman–Crippen MR) is 76.4 cm³/mol. The van der Waals surface area contributed by atoms with E-state index in [9.17, 15) is 0 Å². The Labute approximate surface area is 108 Å². The lowest BCUT2D eigenvalue weighted by Gasteiger charge is -2.39. The van der Waals surface area contributed by atoms with Crippen LogP contribution in [0.3, 0.4) is 0 Å². The van der Waals surface area contributed by atoms with Crippen molar-refractivity contribution < 1.29 is 0 Å². The van der Waals surface area contributed by atoms with Gasteiger partial charge in [0.15, 0.2) is 0 Å². The zero-order valence-corrected chi connectivity index (χ0v) is 12.7. The van der Waals surface area contributed by atoms with Gasteiger partial charge in [0.1, 0.15) is 0 Å². The Bertz CT molecular complexity index is 223. The first kappa shape index (κ1) is 15.0. The lowest BCUT2D eigenvalue weighted by molar-refractivity contribution is 0.114. The van der Waals surface area contributed by atoms with E-state index in [1.54, 1.807) is 0 Å². The van der Waals surface area contributed by atoms with Crippen molar-refractivity contribution in [3.05, 3.63) is 0 Å². The van der Waals surface area contributed by atoms with Crippen LogP contribution in [0.15, 0.2) is 0 Å². The summed E-state index contributed by atoms with van der Waals surface area (Å²) in [4.78, 5) is 2.72. The number of hydrogen-bond acceptors (Lipinski definition) is 2. The van der Waals surface area contributed by atoms with Crippen LogP contribution in [0.25, 0.3) is 0 Å². The molecule has 1 rings (SSSR count). The number of rotatable bonds is 6. The van der Waals surface area contributed by atoms with E-state index in [1.807, 2.05) is 0 Å². The minimum atomic E-state index is 0.355. The first-order chi connectivity index (χ1) is 7.88. The number of nitrogens with zero attached hydrogens (tertiary/aromatic N) is 1. The van der Waals surface area contributed by atoms with Crippen molar-refractivity contribution in [2.45, 2.75) is 66.5 Å². The van der Waals surface area contributed by atoms with Crippen LogP contribution in [0.5, 0.6) is 0 Å². The van der Waals surface area contributed by atoms with E-state index in [1.165, 1.54) is 25.9 Å². The van der Waals surface area contributed by atoms with Crippen LogP contribution < -0.4 is 5.32 Å². The molecule has 0 saturated carbocycles. The molecule has 1 fully saturated rings. The molecule has 0 aromatic carbocycles. The molecule has 0 aliphatic carbocycles. The standard InChI is InChI=1S/C15H32N2/c1-7-16-13(4)15(5,6)11-17-10-8-9-14(17)12(2)3/h12-14,16H,7-11H2,1-6H3. The van der Waals surface area contributed by atoms with Gasteiger partial charge in [0.05, 0.1) is 0 Å². The summed E-state index contributed by atoms with van der Waals surface area (Å²) in [7, 11) is 0. The van der Waals surface area contributed by atoms with Gasteiger partial charge in [-0.05, 0) is 44.2 Å². The quantitative estimate of drug-likeness (QED) is 0.767. The van der Waals surface area contributed by atoms with Gasteiger partial charge in [-0.25, -0.2) is 0 Å². The third-order valence-electron chi connectivity index (χ3n) is 4.48. The molecule has 2 atom stereocenters. The summed E-state index contributed by atoms with van der Waals surface area (Å²) in [5.74, 6) is 0.794. The average Bonchev–Trinajstić information content (AvgIpc) is 2.65. The summed E-state index contributed by atoms with van der Waals surface area (Å²) in [6, 6.07) is 1.39. The van der Waals surface area contributed by atoms with E-state index >= 15 is 0 Å². The molecule has 1 N–H and O–H groups in total. The Kier molecular flexibility index (Phi) is 5.46. The lowest BCUT2D eigenvalue weighted by Crippen LogP contribution is -2.48. The Morgan fingerprint density at radius 1 is 1.29 bits per heavy atom. The van der Waals surface area contributed by atoms with Crippen LogP contribution in [-0.2, 0) is 0 Å². The molecule has 0 amide bonds. The number of likely N-dealkylation sites (tertiary alicyclic amines) is 1. The summed E-state index contributed by atoms with van der Waals surface area (Å²) < 4.78 is 0. The lowest BCUT2D eigenvalue weighted by atomic mass is 9.84. The molecule has 2 nitrogen and oxygen atoms in total. The van der Waals surface area contributed by atoms with E-state index in [0.717, 1.165) is 18.5 Å². The second-order valence-corrected chi connectivity index (χ2v) is 6.69. The van der Waals surface area contributed by atoms with Gasteiger partial charge >= 0.3 is 0 Å². The highest BCUT2D eigenvalue weighted by atomic mass is 15.2. The molecule has 102 valence electrons. The predicted octanol–water partition coefficient (Wildman–Crippen LogP) is 3.13. The van der Waals surface area contributed by atoms with Crippen molar-refractivity contribution in [3.63, 3.8) is 0 Å². The zero-order chi connectivity index (χ0) is 13.1. The van der Waals surface area contributed by atoms with Gasteiger partial charge in [0, 0.05) is 18.6 Å². The maximum Gasteiger partial charge on any atom is 0.0119 e. The molecule has 0 radical (unpaired) electrons.